The minimum absolute atomic E-state index is 0.302. The summed E-state index contributed by atoms with van der Waals surface area (Å²) >= 11 is 0. The zero-order chi connectivity index (χ0) is 11.5. The average Bonchev–Trinajstić information content (AvgIpc) is 2.08. The summed E-state index contributed by atoms with van der Waals surface area (Å²) in [5.41, 5.74) is 0. The van der Waals surface area contributed by atoms with E-state index in [0.29, 0.717) is 17.8 Å². The Morgan fingerprint density at radius 3 is 2.27 bits per heavy atom. The fourth-order valence-electron chi connectivity index (χ4n) is 2.12. The van der Waals surface area contributed by atoms with Gasteiger partial charge in [0, 0.05) is 31.4 Å². The van der Waals surface area contributed by atoms with Crippen LogP contribution in [0.4, 0.5) is 0 Å². The normalized spacial score (nSPS) is 29.3. The Hall–Kier alpha value is -0.130. The third-order valence-electron chi connectivity index (χ3n) is 2.94. The van der Waals surface area contributed by atoms with Crippen molar-refractivity contribution in [3.63, 3.8) is 0 Å². The van der Waals surface area contributed by atoms with Gasteiger partial charge in [-0.15, -0.1) is 0 Å². The summed E-state index contributed by atoms with van der Waals surface area (Å²) in [6.07, 6.45) is 2.05. The monoisotopic (exact) mass is 234 g/mol. The second-order valence-electron chi connectivity index (χ2n) is 4.58. The molecule has 1 fully saturated rings. The molecule has 1 heterocycles. The molecule has 4 nitrogen and oxygen atoms in total. The fraction of sp³-hybridized carbons (Fsp3) is 1.00. The van der Waals surface area contributed by atoms with Crippen molar-refractivity contribution in [1.29, 1.82) is 0 Å². The molecule has 0 aromatic carbocycles. The highest BCUT2D eigenvalue weighted by atomic mass is 32.2. The summed E-state index contributed by atoms with van der Waals surface area (Å²) in [7, 11) is -2.80. The van der Waals surface area contributed by atoms with E-state index in [0.717, 1.165) is 26.1 Å². The first kappa shape index (κ1) is 12.9. The Labute approximate surface area is 93.0 Å². The number of nitrogens with zero attached hydrogens (tertiary/aromatic N) is 1. The second kappa shape index (κ2) is 5.27. The van der Waals surface area contributed by atoms with Crippen molar-refractivity contribution in [3.8, 4) is 0 Å². The van der Waals surface area contributed by atoms with Gasteiger partial charge in [-0.05, 0) is 26.8 Å². The van der Waals surface area contributed by atoms with Crippen LogP contribution in [0.25, 0.3) is 0 Å². The van der Waals surface area contributed by atoms with E-state index in [9.17, 15) is 8.42 Å². The molecule has 0 saturated carbocycles. The Bertz CT molecular complexity index is 280. The van der Waals surface area contributed by atoms with E-state index >= 15 is 0 Å². The average molecular weight is 234 g/mol. The van der Waals surface area contributed by atoms with E-state index in [1.165, 1.54) is 6.26 Å². The van der Waals surface area contributed by atoms with Gasteiger partial charge in [0.15, 0.2) is 0 Å². The molecule has 0 spiro atoms. The molecule has 0 bridgehead atoms. The van der Waals surface area contributed by atoms with E-state index in [2.05, 4.69) is 24.1 Å². The minimum Gasteiger partial charge on any atom is -0.314 e. The molecule has 0 radical (unpaired) electrons. The summed E-state index contributed by atoms with van der Waals surface area (Å²) in [5.74, 6) is 0.302. The number of rotatable bonds is 4. The number of hydrogen-bond donors (Lipinski definition) is 1. The van der Waals surface area contributed by atoms with Crippen LogP contribution in [-0.2, 0) is 9.84 Å². The van der Waals surface area contributed by atoms with Crippen molar-refractivity contribution in [3.05, 3.63) is 0 Å². The number of sulfone groups is 1. The first-order valence-electron chi connectivity index (χ1n) is 5.54. The fourth-order valence-corrected chi connectivity index (χ4v) is 2.77. The van der Waals surface area contributed by atoms with Crippen LogP contribution in [0.3, 0.4) is 0 Å². The topological polar surface area (TPSA) is 49.4 Å². The summed E-state index contributed by atoms with van der Waals surface area (Å²) in [4.78, 5) is 2.39. The largest absolute Gasteiger partial charge is 0.314 e. The maximum absolute atomic E-state index is 11.0. The van der Waals surface area contributed by atoms with Gasteiger partial charge in [-0.25, -0.2) is 8.42 Å². The maximum atomic E-state index is 11.0. The van der Waals surface area contributed by atoms with Gasteiger partial charge in [0.2, 0.25) is 0 Å². The van der Waals surface area contributed by atoms with Crippen LogP contribution in [0, 0.1) is 0 Å². The minimum atomic E-state index is -2.80. The van der Waals surface area contributed by atoms with Gasteiger partial charge < -0.3 is 5.32 Å². The van der Waals surface area contributed by atoms with E-state index in [1.54, 1.807) is 0 Å². The Balaban J connectivity index is 2.36. The maximum Gasteiger partial charge on any atom is 0.147 e. The molecular weight excluding hydrogens is 212 g/mol. The Morgan fingerprint density at radius 2 is 1.80 bits per heavy atom. The van der Waals surface area contributed by atoms with Crippen molar-refractivity contribution >= 4 is 9.84 Å². The number of nitrogens with one attached hydrogen (secondary N) is 1. The molecule has 0 amide bonds. The Kier molecular flexibility index (Phi) is 4.55. The third kappa shape index (κ3) is 4.49. The molecule has 0 aromatic heterocycles. The van der Waals surface area contributed by atoms with E-state index in [-0.39, 0.29) is 0 Å². The van der Waals surface area contributed by atoms with E-state index < -0.39 is 9.84 Å². The van der Waals surface area contributed by atoms with Crippen LogP contribution < -0.4 is 5.32 Å². The van der Waals surface area contributed by atoms with Gasteiger partial charge in [-0.1, -0.05) is 0 Å². The molecule has 1 rings (SSSR count). The number of piperazine rings is 1. The first-order chi connectivity index (χ1) is 6.90. The lowest BCUT2D eigenvalue weighted by Gasteiger charge is -2.39. The van der Waals surface area contributed by atoms with Crippen LogP contribution in [0.15, 0.2) is 0 Å². The lowest BCUT2D eigenvalue weighted by molar-refractivity contribution is 0.117. The van der Waals surface area contributed by atoms with Gasteiger partial charge in [-0.2, -0.15) is 0 Å². The van der Waals surface area contributed by atoms with Crippen LogP contribution in [0.5, 0.6) is 0 Å². The second-order valence-corrected chi connectivity index (χ2v) is 6.84. The highest BCUT2D eigenvalue weighted by molar-refractivity contribution is 7.90. The molecular formula is C10H22N2O2S. The smallest absolute Gasteiger partial charge is 0.147 e. The summed E-state index contributed by atoms with van der Waals surface area (Å²) in [5, 5.41) is 3.36. The standard InChI is InChI=1S/C10H22N2O2S/c1-9-7-11-8-10(2)12(9)5-4-6-15(3,13)14/h9-11H,4-8H2,1-3H3. The van der Waals surface area contributed by atoms with Crippen molar-refractivity contribution in [2.75, 3.05) is 31.6 Å². The van der Waals surface area contributed by atoms with E-state index in [4.69, 9.17) is 0 Å². The molecule has 2 atom stereocenters. The zero-order valence-electron chi connectivity index (χ0n) is 9.86. The van der Waals surface area contributed by atoms with Crippen molar-refractivity contribution in [2.45, 2.75) is 32.4 Å². The van der Waals surface area contributed by atoms with Crippen LogP contribution in [0.1, 0.15) is 20.3 Å². The molecule has 2 unspecified atom stereocenters. The molecule has 0 aromatic rings. The molecule has 1 aliphatic rings. The first-order valence-corrected chi connectivity index (χ1v) is 7.60. The SMILES string of the molecule is CC1CNCC(C)N1CCCS(C)(=O)=O. The molecule has 1 aliphatic heterocycles. The molecule has 0 aliphatic carbocycles. The molecule has 1 saturated heterocycles. The highest BCUT2D eigenvalue weighted by Crippen LogP contribution is 2.10. The summed E-state index contributed by atoms with van der Waals surface area (Å²) in [6.45, 7) is 7.26. The van der Waals surface area contributed by atoms with Gasteiger partial charge in [0.05, 0.1) is 5.75 Å². The van der Waals surface area contributed by atoms with Crippen LogP contribution in [-0.4, -0.2) is 57.0 Å². The number of hydrogen-bond acceptors (Lipinski definition) is 4. The molecule has 1 N–H and O–H groups in total. The van der Waals surface area contributed by atoms with Crippen molar-refractivity contribution in [2.24, 2.45) is 0 Å². The molecule has 5 heteroatoms. The van der Waals surface area contributed by atoms with Crippen molar-refractivity contribution < 1.29 is 8.42 Å². The van der Waals surface area contributed by atoms with Crippen LogP contribution in [0.2, 0.25) is 0 Å². The highest BCUT2D eigenvalue weighted by Gasteiger charge is 2.23. The van der Waals surface area contributed by atoms with Gasteiger partial charge in [-0.3, -0.25) is 4.90 Å². The predicted molar refractivity (Wildman–Crippen MR) is 62.8 cm³/mol. The predicted octanol–water partition coefficient (Wildman–Crippen LogP) is 0.103. The van der Waals surface area contributed by atoms with E-state index in [1.807, 2.05) is 0 Å². The van der Waals surface area contributed by atoms with Gasteiger partial charge in [0.1, 0.15) is 9.84 Å². The van der Waals surface area contributed by atoms with Gasteiger partial charge >= 0.3 is 0 Å². The molecule has 15 heavy (non-hydrogen) atoms. The summed E-state index contributed by atoms with van der Waals surface area (Å²) < 4.78 is 22.0. The molecule has 90 valence electrons. The summed E-state index contributed by atoms with van der Waals surface area (Å²) in [6, 6.07) is 1.02. The third-order valence-corrected chi connectivity index (χ3v) is 3.97. The lowest BCUT2D eigenvalue weighted by Crippen LogP contribution is -2.55. The lowest BCUT2D eigenvalue weighted by atomic mass is 10.1. The van der Waals surface area contributed by atoms with Crippen molar-refractivity contribution in [1.82, 2.24) is 10.2 Å². The van der Waals surface area contributed by atoms with Gasteiger partial charge in [0.25, 0.3) is 0 Å². The Morgan fingerprint density at radius 1 is 1.27 bits per heavy atom. The zero-order valence-corrected chi connectivity index (χ0v) is 10.7. The van der Waals surface area contributed by atoms with Crippen LogP contribution >= 0.6 is 0 Å². The quantitative estimate of drug-likeness (QED) is 0.750.